The Kier molecular flexibility index (Phi) is 22.6. The SMILES string of the molecule is C[C@@H](NC(=O)c1ccc(NCC(=O)CCCNC(=O)CN2CCN(CC(=O)O)CCN(CC(=O)O)CCN(CC(=O)O)CC2)cc1)C(=O)N1CCC[C@H]1B(O)O.[Gd]. The van der Waals surface area contributed by atoms with Gasteiger partial charge in [-0.3, -0.25) is 53.2 Å². The number of nitrogens with one attached hydrogen (secondary N) is 3. The molecule has 2 fully saturated rings. The molecule has 8 N–H and O–H groups in total. The Morgan fingerprint density at radius 1 is 0.737 bits per heavy atom. The summed E-state index contributed by atoms with van der Waals surface area (Å²) in [6.07, 6.45) is 1.67. The second-order valence-electron chi connectivity index (χ2n) is 14.1. The van der Waals surface area contributed by atoms with Gasteiger partial charge in [-0.15, -0.1) is 0 Å². The van der Waals surface area contributed by atoms with Crippen LogP contribution < -0.4 is 16.0 Å². The zero-order valence-corrected chi connectivity index (χ0v) is 34.4. The number of nitrogens with zero attached hydrogens (tertiary/aromatic N) is 5. The van der Waals surface area contributed by atoms with Gasteiger partial charge in [0.05, 0.1) is 38.7 Å². The van der Waals surface area contributed by atoms with Crippen LogP contribution in [0.3, 0.4) is 0 Å². The van der Waals surface area contributed by atoms with E-state index in [1.807, 2.05) is 4.90 Å². The van der Waals surface area contributed by atoms with Crippen molar-refractivity contribution in [2.24, 2.45) is 0 Å². The van der Waals surface area contributed by atoms with Gasteiger partial charge in [0.2, 0.25) is 11.8 Å². The number of amides is 3. The van der Waals surface area contributed by atoms with Crippen LogP contribution in [0.1, 0.15) is 43.0 Å². The maximum atomic E-state index is 12.9. The van der Waals surface area contributed by atoms with Crippen LogP contribution in [0.5, 0.6) is 0 Å². The Hall–Kier alpha value is -3.34. The van der Waals surface area contributed by atoms with Gasteiger partial charge in [-0.05, 0) is 50.5 Å². The standard InChI is InChI=1S/C35H55BN8O12.Gd/c1-25(35(54)44-11-3-5-29(44)36(55)56)39-34(53)26-6-8-27(9-7-26)38-20-28(45)4-2-10-37-30(46)21-40-12-14-41(22-31(47)48)16-18-43(24-33(51)52)19-17-42(15-13-40)23-32(49)50;/h6-9,25,29,38,55-56H,2-5,10-24H2,1H3,(H,37,46)(H,39,53)(H,47,48)(H,49,50)(H,51,52);/t25-,29+;/m1./s1. The van der Waals surface area contributed by atoms with Crippen molar-refractivity contribution in [1.82, 2.24) is 35.1 Å². The van der Waals surface area contributed by atoms with Crippen molar-refractivity contribution in [1.29, 1.82) is 0 Å². The van der Waals surface area contributed by atoms with Crippen molar-refractivity contribution in [3.8, 4) is 0 Å². The van der Waals surface area contributed by atoms with Crippen LogP contribution in [0.2, 0.25) is 0 Å². The summed E-state index contributed by atoms with van der Waals surface area (Å²) in [6.45, 7) is 3.61. The number of carboxylic acid groups (broad SMARTS) is 3. The van der Waals surface area contributed by atoms with Crippen molar-refractivity contribution in [2.45, 2.75) is 44.6 Å². The third-order valence-corrected chi connectivity index (χ3v) is 9.61. The molecule has 2 aliphatic heterocycles. The molecule has 57 heavy (non-hydrogen) atoms. The molecule has 0 saturated carbocycles. The first-order valence-electron chi connectivity index (χ1n) is 18.8. The van der Waals surface area contributed by atoms with E-state index in [1.54, 1.807) is 39.0 Å². The minimum absolute atomic E-state index is 0. The fourth-order valence-corrected chi connectivity index (χ4v) is 6.55. The number of ketones is 1. The quantitative estimate of drug-likeness (QED) is 0.0513. The Labute approximate surface area is 364 Å². The Bertz CT molecular complexity index is 1480. The molecule has 2 heterocycles. The van der Waals surface area contributed by atoms with Crippen molar-refractivity contribution in [3.63, 3.8) is 0 Å². The summed E-state index contributed by atoms with van der Waals surface area (Å²) < 4.78 is 0. The molecule has 2 saturated heterocycles. The predicted octanol–water partition coefficient (Wildman–Crippen LogP) is -2.84. The van der Waals surface area contributed by atoms with Crippen LogP contribution >= 0.6 is 0 Å². The summed E-state index contributed by atoms with van der Waals surface area (Å²) in [6, 6.07) is 5.47. The normalized spacial score (nSPS) is 18.2. The molecular weight excluding hydrogens is 892 g/mol. The minimum Gasteiger partial charge on any atom is -0.480 e. The fraction of sp³-hybridized carbons (Fsp3) is 0.629. The molecule has 0 aliphatic carbocycles. The van der Waals surface area contributed by atoms with E-state index in [0.717, 1.165) is 0 Å². The molecule has 0 spiro atoms. The molecule has 0 aromatic heterocycles. The van der Waals surface area contributed by atoms with Crippen LogP contribution in [0.4, 0.5) is 5.69 Å². The molecular formula is C35H55BGdN8O12. The van der Waals surface area contributed by atoms with Gasteiger partial charge in [-0.1, -0.05) is 0 Å². The van der Waals surface area contributed by atoms with Crippen molar-refractivity contribution in [3.05, 3.63) is 29.8 Å². The molecule has 2 atom stereocenters. The maximum Gasteiger partial charge on any atom is 0.475 e. The third-order valence-electron chi connectivity index (χ3n) is 9.61. The number of rotatable bonds is 19. The number of hydrogen-bond acceptors (Lipinski definition) is 14. The van der Waals surface area contributed by atoms with E-state index in [0.29, 0.717) is 50.1 Å². The molecule has 2 aliphatic rings. The van der Waals surface area contributed by atoms with Crippen LogP contribution in [-0.4, -0.2) is 209 Å². The van der Waals surface area contributed by atoms with Gasteiger partial charge in [0.1, 0.15) is 6.04 Å². The monoisotopic (exact) mass is 948 g/mol. The number of carbonyl (C=O) groups excluding carboxylic acids is 4. The maximum absolute atomic E-state index is 12.9. The number of hydrogen-bond donors (Lipinski definition) is 8. The van der Waals surface area contributed by atoms with Crippen molar-refractivity contribution >= 4 is 54.2 Å². The first-order valence-corrected chi connectivity index (χ1v) is 18.8. The van der Waals surface area contributed by atoms with Crippen molar-refractivity contribution < 1.29 is 98.9 Å². The third kappa shape index (κ3) is 18.9. The van der Waals surface area contributed by atoms with E-state index in [4.69, 9.17) is 0 Å². The largest absolute Gasteiger partial charge is 0.480 e. The van der Waals surface area contributed by atoms with Gasteiger partial charge >= 0.3 is 25.0 Å². The van der Waals surface area contributed by atoms with Gasteiger partial charge in [0.25, 0.3) is 5.91 Å². The minimum atomic E-state index is -1.65. The van der Waals surface area contributed by atoms with E-state index in [1.165, 1.54) is 11.8 Å². The fourth-order valence-electron chi connectivity index (χ4n) is 6.55. The van der Waals surface area contributed by atoms with E-state index >= 15 is 0 Å². The average Bonchev–Trinajstić information content (AvgIpc) is 3.63. The molecule has 22 heteroatoms. The summed E-state index contributed by atoms with van der Waals surface area (Å²) >= 11 is 0. The number of aliphatic carboxylic acids is 3. The Morgan fingerprint density at radius 3 is 1.67 bits per heavy atom. The van der Waals surface area contributed by atoms with Gasteiger partial charge in [-0.25, -0.2) is 0 Å². The number of anilines is 1. The van der Waals surface area contributed by atoms with E-state index in [9.17, 15) is 58.9 Å². The summed E-state index contributed by atoms with van der Waals surface area (Å²) in [5.41, 5.74) is 0.890. The zero-order chi connectivity index (χ0) is 41.2. The molecule has 3 rings (SSSR count). The van der Waals surface area contributed by atoms with Crippen LogP contribution in [0, 0.1) is 39.9 Å². The van der Waals surface area contributed by atoms with Gasteiger partial charge < -0.3 is 46.2 Å². The summed E-state index contributed by atoms with van der Waals surface area (Å²) in [4.78, 5) is 93.5. The first kappa shape index (κ1) is 49.8. The predicted molar refractivity (Wildman–Crippen MR) is 203 cm³/mol. The second-order valence-corrected chi connectivity index (χ2v) is 14.1. The van der Waals surface area contributed by atoms with E-state index in [2.05, 4.69) is 16.0 Å². The molecule has 1 aromatic rings. The summed E-state index contributed by atoms with van der Waals surface area (Å²) in [7, 11) is -1.65. The Morgan fingerprint density at radius 2 is 1.21 bits per heavy atom. The smallest absolute Gasteiger partial charge is 0.475 e. The average molecular weight is 948 g/mol. The number of likely N-dealkylation sites (tertiary alicyclic amines) is 1. The van der Waals surface area contributed by atoms with Crippen LogP contribution in [-0.2, 0) is 28.8 Å². The zero-order valence-electron chi connectivity index (χ0n) is 32.2. The molecule has 0 radical (unpaired) electrons. The summed E-state index contributed by atoms with van der Waals surface area (Å²) in [5.74, 6) is -5.13. The van der Waals surface area contributed by atoms with E-state index < -0.39 is 48.8 Å². The molecule has 318 valence electrons. The number of benzene rings is 1. The molecule has 0 unspecified atom stereocenters. The van der Waals surface area contributed by atoms with Crippen molar-refractivity contribution in [2.75, 3.05) is 103 Å². The summed E-state index contributed by atoms with van der Waals surface area (Å²) in [5, 5.41) is 55.6. The van der Waals surface area contributed by atoms with Gasteiger partial charge in [0, 0.05) is 123 Å². The van der Waals surface area contributed by atoms with E-state index in [-0.39, 0.29) is 137 Å². The van der Waals surface area contributed by atoms with Gasteiger partial charge in [-0.2, -0.15) is 0 Å². The second kappa shape index (κ2) is 25.9. The number of carbonyl (C=O) groups is 7. The topological polar surface area (TPSA) is 273 Å². The molecule has 1 aromatic carbocycles. The molecule has 0 bridgehead atoms. The molecule has 3 amide bonds. The van der Waals surface area contributed by atoms with Gasteiger partial charge in [0.15, 0.2) is 5.78 Å². The number of Topliss-reactive ketones (excluding diaryl/α,β-unsaturated/α-hetero) is 1. The number of carboxylic acids is 3. The van der Waals surface area contributed by atoms with Crippen LogP contribution in [0.25, 0.3) is 0 Å². The van der Waals surface area contributed by atoms with Crippen LogP contribution in [0.15, 0.2) is 24.3 Å². The Balaban J connectivity index is 0.0000112. The first-order chi connectivity index (χ1) is 26.6. The molecule has 20 nitrogen and oxygen atoms in total.